The molecule has 0 amide bonds. The highest BCUT2D eigenvalue weighted by molar-refractivity contribution is 7.89. The van der Waals surface area contributed by atoms with Gasteiger partial charge in [-0.25, -0.2) is 18.1 Å². The van der Waals surface area contributed by atoms with Crippen molar-refractivity contribution in [3.63, 3.8) is 0 Å². The molecular weight excluding hydrogens is 260 g/mol. The van der Waals surface area contributed by atoms with Gasteiger partial charge < -0.3 is 0 Å². The minimum Gasteiger partial charge on any atom is -0.243 e. The van der Waals surface area contributed by atoms with Gasteiger partial charge in [0.1, 0.15) is 10.0 Å². The van der Waals surface area contributed by atoms with Crippen LogP contribution in [0.3, 0.4) is 0 Å². The Labute approximate surface area is 106 Å². The van der Waals surface area contributed by atoms with Crippen molar-refractivity contribution in [3.05, 3.63) is 23.5 Å². The molecule has 1 fully saturated rings. The van der Waals surface area contributed by atoms with E-state index in [1.807, 2.05) is 6.92 Å². The molecule has 0 aliphatic heterocycles. The average molecular weight is 275 g/mol. The minimum absolute atomic E-state index is 0.0387. The molecule has 0 spiro atoms. The Bertz CT molecular complexity index is 483. The maximum Gasteiger partial charge on any atom is 0.242 e. The van der Waals surface area contributed by atoms with Crippen molar-refractivity contribution in [2.45, 2.75) is 37.1 Å². The average Bonchev–Trinajstić information content (AvgIpc) is 3.01. The van der Waals surface area contributed by atoms with Crippen molar-refractivity contribution in [2.75, 3.05) is 0 Å². The van der Waals surface area contributed by atoms with Crippen molar-refractivity contribution in [3.8, 4) is 0 Å². The van der Waals surface area contributed by atoms with E-state index in [4.69, 9.17) is 11.6 Å². The summed E-state index contributed by atoms with van der Waals surface area (Å²) in [6, 6.07) is 2.89. The van der Waals surface area contributed by atoms with Gasteiger partial charge >= 0.3 is 0 Å². The molecule has 1 N–H and O–H groups in total. The van der Waals surface area contributed by atoms with E-state index in [2.05, 4.69) is 9.71 Å². The van der Waals surface area contributed by atoms with E-state index < -0.39 is 10.0 Å². The summed E-state index contributed by atoms with van der Waals surface area (Å²) < 4.78 is 26.6. The smallest absolute Gasteiger partial charge is 0.242 e. The van der Waals surface area contributed by atoms with Crippen LogP contribution in [0.2, 0.25) is 5.15 Å². The highest BCUT2D eigenvalue weighted by Crippen LogP contribution is 2.33. The molecule has 94 valence electrons. The van der Waals surface area contributed by atoms with E-state index in [0.717, 1.165) is 6.42 Å². The standard InChI is InChI=1S/C11H15ClN2O2S/c1-8(6-9-2-3-9)14-17(15,16)10-4-5-11(12)13-7-10/h4-5,7-9,14H,2-3,6H2,1H3. The molecule has 17 heavy (non-hydrogen) atoms. The zero-order valence-electron chi connectivity index (χ0n) is 9.56. The minimum atomic E-state index is -3.47. The topological polar surface area (TPSA) is 59.1 Å². The lowest BCUT2D eigenvalue weighted by Crippen LogP contribution is -2.32. The van der Waals surface area contributed by atoms with E-state index in [1.165, 1.54) is 31.2 Å². The fourth-order valence-electron chi connectivity index (χ4n) is 1.76. The quantitative estimate of drug-likeness (QED) is 0.838. The van der Waals surface area contributed by atoms with E-state index in [9.17, 15) is 8.42 Å². The fourth-order valence-corrected chi connectivity index (χ4v) is 3.07. The normalized spacial score (nSPS) is 18.0. The van der Waals surface area contributed by atoms with Crippen LogP contribution in [-0.2, 0) is 10.0 Å². The van der Waals surface area contributed by atoms with Crippen molar-refractivity contribution in [1.29, 1.82) is 0 Å². The van der Waals surface area contributed by atoms with Gasteiger partial charge in [0, 0.05) is 12.2 Å². The van der Waals surface area contributed by atoms with Gasteiger partial charge in [-0.3, -0.25) is 0 Å². The molecule has 1 saturated carbocycles. The van der Waals surface area contributed by atoms with Crippen molar-refractivity contribution >= 4 is 21.6 Å². The Morgan fingerprint density at radius 3 is 2.76 bits per heavy atom. The van der Waals surface area contributed by atoms with Crippen LogP contribution in [0.1, 0.15) is 26.2 Å². The van der Waals surface area contributed by atoms with Crippen LogP contribution in [0.4, 0.5) is 0 Å². The molecule has 4 nitrogen and oxygen atoms in total. The summed E-state index contributed by atoms with van der Waals surface area (Å²) in [5.74, 6) is 0.691. The fraction of sp³-hybridized carbons (Fsp3) is 0.545. The molecule has 1 aliphatic carbocycles. The van der Waals surface area contributed by atoms with Gasteiger partial charge in [-0.05, 0) is 31.4 Å². The third kappa shape index (κ3) is 3.66. The molecule has 1 aromatic heterocycles. The molecule has 1 atom stereocenters. The lowest BCUT2D eigenvalue weighted by Gasteiger charge is -2.13. The molecule has 0 aromatic carbocycles. The molecule has 1 aromatic rings. The van der Waals surface area contributed by atoms with Crippen molar-refractivity contribution in [2.24, 2.45) is 5.92 Å². The summed E-state index contributed by atoms with van der Waals surface area (Å²) in [5.41, 5.74) is 0. The predicted octanol–water partition coefficient (Wildman–Crippen LogP) is 2.20. The number of rotatable bonds is 5. The molecule has 0 radical (unpaired) electrons. The van der Waals surface area contributed by atoms with Crippen LogP contribution in [-0.4, -0.2) is 19.4 Å². The van der Waals surface area contributed by atoms with E-state index in [0.29, 0.717) is 5.92 Å². The molecule has 1 unspecified atom stereocenters. The van der Waals surface area contributed by atoms with Gasteiger partial charge in [-0.15, -0.1) is 0 Å². The van der Waals surface area contributed by atoms with Gasteiger partial charge in [0.15, 0.2) is 0 Å². The highest BCUT2D eigenvalue weighted by atomic mass is 35.5. The van der Waals surface area contributed by atoms with Crippen LogP contribution < -0.4 is 4.72 Å². The highest BCUT2D eigenvalue weighted by Gasteiger charge is 2.26. The maximum atomic E-state index is 12.0. The molecule has 1 aliphatic rings. The number of sulfonamides is 1. The lowest BCUT2D eigenvalue weighted by molar-refractivity contribution is 0.529. The Kier molecular flexibility index (Phi) is 3.70. The SMILES string of the molecule is CC(CC1CC1)NS(=O)(=O)c1ccc(Cl)nc1. The van der Waals surface area contributed by atoms with Crippen molar-refractivity contribution in [1.82, 2.24) is 9.71 Å². The Morgan fingerprint density at radius 2 is 2.24 bits per heavy atom. The maximum absolute atomic E-state index is 12.0. The van der Waals surface area contributed by atoms with Crippen LogP contribution in [0.5, 0.6) is 0 Å². The predicted molar refractivity (Wildman–Crippen MR) is 66.4 cm³/mol. The number of halogens is 1. The zero-order chi connectivity index (χ0) is 12.5. The second-order valence-corrected chi connectivity index (χ2v) is 6.62. The van der Waals surface area contributed by atoms with Gasteiger partial charge in [0.25, 0.3) is 0 Å². The van der Waals surface area contributed by atoms with Gasteiger partial charge in [0.05, 0.1) is 0 Å². The van der Waals surface area contributed by atoms with Gasteiger partial charge in [-0.2, -0.15) is 0 Å². The summed E-state index contributed by atoms with van der Waals surface area (Å²) in [6.45, 7) is 1.89. The first-order valence-electron chi connectivity index (χ1n) is 5.61. The molecule has 0 bridgehead atoms. The molecule has 1 heterocycles. The molecule has 2 rings (SSSR count). The van der Waals surface area contributed by atoms with Crippen LogP contribution in [0, 0.1) is 5.92 Å². The first-order chi connectivity index (χ1) is 7.97. The van der Waals surface area contributed by atoms with Crippen LogP contribution in [0.25, 0.3) is 0 Å². The van der Waals surface area contributed by atoms with Crippen LogP contribution in [0.15, 0.2) is 23.2 Å². The third-order valence-corrected chi connectivity index (χ3v) is 4.55. The van der Waals surface area contributed by atoms with Crippen LogP contribution >= 0.6 is 11.6 Å². The van der Waals surface area contributed by atoms with Gasteiger partial charge in [-0.1, -0.05) is 24.4 Å². The monoisotopic (exact) mass is 274 g/mol. The number of aromatic nitrogens is 1. The first kappa shape index (κ1) is 12.8. The summed E-state index contributed by atoms with van der Waals surface area (Å²) in [6.07, 6.45) is 4.61. The summed E-state index contributed by atoms with van der Waals surface area (Å²) in [7, 11) is -3.47. The second-order valence-electron chi connectivity index (χ2n) is 4.52. The molecule has 0 saturated heterocycles. The number of pyridine rings is 1. The summed E-state index contributed by atoms with van der Waals surface area (Å²) >= 11 is 5.62. The number of hydrogen-bond acceptors (Lipinski definition) is 3. The van der Waals surface area contributed by atoms with E-state index in [1.54, 1.807) is 0 Å². The van der Waals surface area contributed by atoms with E-state index in [-0.39, 0.29) is 16.1 Å². The first-order valence-corrected chi connectivity index (χ1v) is 7.47. The zero-order valence-corrected chi connectivity index (χ0v) is 11.1. The lowest BCUT2D eigenvalue weighted by atomic mass is 10.2. The number of nitrogens with one attached hydrogen (secondary N) is 1. The van der Waals surface area contributed by atoms with Crippen molar-refractivity contribution < 1.29 is 8.42 Å². The second kappa shape index (κ2) is 4.92. The Hall–Kier alpha value is -0.650. The largest absolute Gasteiger partial charge is 0.243 e. The molecule has 6 heteroatoms. The summed E-state index contributed by atoms with van der Waals surface area (Å²) in [4.78, 5) is 3.93. The third-order valence-electron chi connectivity index (χ3n) is 2.75. The Balaban J connectivity index is 2.04. The summed E-state index contributed by atoms with van der Waals surface area (Å²) in [5, 5.41) is 0.287. The number of nitrogens with zero attached hydrogens (tertiary/aromatic N) is 1. The Morgan fingerprint density at radius 1 is 1.53 bits per heavy atom. The van der Waals surface area contributed by atoms with E-state index >= 15 is 0 Å². The number of hydrogen-bond donors (Lipinski definition) is 1. The van der Waals surface area contributed by atoms with Gasteiger partial charge in [0.2, 0.25) is 10.0 Å². The molecular formula is C11H15ClN2O2S.